The molecule has 0 saturated heterocycles. The van der Waals surface area contributed by atoms with Crippen LogP contribution in [0.15, 0.2) is 42.5 Å². The summed E-state index contributed by atoms with van der Waals surface area (Å²) in [4.78, 5) is 26.6. The first kappa shape index (κ1) is 17.1. The molecule has 2 aromatic carbocycles. The number of carbonyl (C=O) groups is 2. The van der Waals surface area contributed by atoms with Crippen LogP contribution in [0.25, 0.3) is 0 Å². The lowest BCUT2D eigenvalue weighted by atomic mass is 10.0. The van der Waals surface area contributed by atoms with Crippen LogP contribution in [0.3, 0.4) is 0 Å². The predicted molar refractivity (Wildman–Crippen MR) is 92.9 cm³/mol. The number of carbonyl (C=O) groups excluding carboxylic acids is 2. The second-order valence-corrected chi connectivity index (χ2v) is 6.15. The number of fused-ring (bicyclic) bond motifs is 1. The van der Waals surface area contributed by atoms with Crippen LogP contribution in [0.2, 0.25) is 5.02 Å². The van der Waals surface area contributed by atoms with Crippen molar-refractivity contribution in [1.29, 1.82) is 0 Å². The van der Waals surface area contributed by atoms with Crippen molar-refractivity contribution < 1.29 is 19.1 Å². The third-order valence-electron chi connectivity index (χ3n) is 3.79. The molecule has 1 aliphatic rings. The largest absolute Gasteiger partial charge is 0.454 e. The molecule has 0 radical (unpaired) electrons. The summed E-state index contributed by atoms with van der Waals surface area (Å²) in [6, 6.07) is 11.3. The van der Waals surface area contributed by atoms with Crippen molar-refractivity contribution in [1.82, 2.24) is 10.2 Å². The zero-order valence-corrected chi connectivity index (χ0v) is 14.5. The fourth-order valence-corrected chi connectivity index (χ4v) is 2.77. The summed E-state index contributed by atoms with van der Waals surface area (Å²) in [6.07, 6.45) is 0. The van der Waals surface area contributed by atoms with Crippen LogP contribution >= 0.6 is 11.6 Å². The van der Waals surface area contributed by atoms with Gasteiger partial charge in [-0.15, -0.1) is 0 Å². The first-order chi connectivity index (χ1) is 12.0. The normalized spacial score (nSPS) is 13.2. The van der Waals surface area contributed by atoms with Gasteiger partial charge in [-0.05, 0) is 17.7 Å². The van der Waals surface area contributed by atoms with Crippen LogP contribution in [0.5, 0.6) is 11.5 Å². The Bertz CT molecular complexity index is 808. The number of hydrogen-bond acceptors (Lipinski definition) is 4. The molecule has 0 saturated carbocycles. The van der Waals surface area contributed by atoms with E-state index in [1.54, 1.807) is 32.3 Å². The van der Waals surface area contributed by atoms with Crippen LogP contribution in [0.1, 0.15) is 22.0 Å². The molecule has 1 N–H and O–H groups in total. The Morgan fingerprint density at radius 1 is 1.16 bits per heavy atom. The van der Waals surface area contributed by atoms with Gasteiger partial charge in [0.2, 0.25) is 12.7 Å². The Kier molecular flexibility index (Phi) is 4.81. The Balaban J connectivity index is 1.88. The zero-order chi connectivity index (χ0) is 18.0. The Hall–Kier alpha value is -2.73. The molecule has 3 rings (SSSR count). The standard InChI is InChI=1S/C18H17ClN2O4/c1-21(2)18(23)15(11-6-4-3-5-7-11)20-17(22)12-8-13(19)16-14(9-12)24-10-25-16/h3-9,15H,10H2,1-2H3,(H,20,22). The second-order valence-electron chi connectivity index (χ2n) is 5.74. The lowest BCUT2D eigenvalue weighted by Crippen LogP contribution is -2.39. The van der Waals surface area contributed by atoms with E-state index in [1.807, 2.05) is 18.2 Å². The number of benzene rings is 2. The summed E-state index contributed by atoms with van der Waals surface area (Å²) >= 11 is 6.13. The molecule has 1 aliphatic heterocycles. The van der Waals surface area contributed by atoms with Gasteiger partial charge in [-0.2, -0.15) is 0 Å². The zero-order valence-electron chi connectivity index (χ0n) is 13.8. The lowest BCUT2D eigenvalue weighted by molar-refractivity contribution is -0.130. The van der Waals surface area contributed by atoms with E-state index >= 15 is 0 Å². The van der Waals surface area contributed by atoms with E-state index in [0.29, 0.717) is 22.6 Å². The van der Waals surface area contributed by atoms with Gasteiger partial charge >= 0.3 is 0 Å². The van der Waals surface area contributed by atoms with E-state index in [4.69, 9.17) is 21.1 Å². The maximum atomic E-state index is 12.7. The first-order valence-corrected chi connectivity index (χ1v) is 8.01. The van der Waals surface area contributed by atoms with Crippen molar-refractivity contribution in [2.75, 3.05) is 20.9 Å². The maximum absolute atomic E-state index is 12.7. The van der Waals surface area contributed by atoms with Crippen molar-refractivity contribution in [3.8, 4) is 11.5 Å². The number of hydrogen-bond donors (Lipinski definition) is 1. The van der Waals surface area contributed by atoms with Crippen LogP contribution in [0.4, 0.5) is 0 Å². The van der Waals surface area contributed by atoms with E-state index in [-0.39, 0.29) is 17.7 Å². The topological polar surface area (TPSA) is 67.9 Å². The summed E-state index contributed by atoms with van der Waals surface area (Å²) < 4.78 is 10.5. The third kappa shape index (κ3) is 3.53. The minimum Gasteiger partial charge on any atom is -0.454 e. The predicted octanol–water partition coefficient (Wildman–Crippen LogP) is 2.63. The average molecular weight is 361 g/mol. The highest BCUT2D eigenvalue weighted by molar-refractivity contribution is 6.32. The van der Waals surface area contributed by atoms with Crippen molar-refractivity contribution in [2.45, 2.75) is 6.04 Å². The van der Waals surface area contributed by atoms with Crippen molar-refractivity contribution >= 4 is 23.4 Å². The SMILES string of the molecule is CN(C)C(=O)C(NC(=O)c1cc(Cl)c2c(c1)OCO2)c1ccccc1. The van der Waals surface area contributed by atoms with E-state index in [0.717, 1.165) is 0 Å². The Morgan fingerprint density at radius 2 is 1.88 bits per heavy atom. The molecular formula is C18H17ClN2O4. The van der Waals surface area contributed by atoms with Gasteiger partial charge in [-0.1, -0.05) is 41.9 Å². The van der Waals surface area contributed by atoms with E-state index in [2.05, 4.69) is 5.32 Å². The smallest absolute Gasteiger partial charge is 0.252 e. The lowest BCUT2D eigenvalue weighted by Gasteiger charge is -2.22. The molecule has 0 bridgehead atoms. The van der Waals surface area contributed by atoms with Gasteiger partial charge in [-0.25, -0.2) is 0 Å². The second kappa shape index (κ2) is 7.03. The first-order valence-electron chi connectivity index (χ1n) is 7.63. The Morgan fingerprint density at radius 3 is 2.56 bits per heavy atom. The molecule has 6 nitrogen and oxygen atoms in total. The van der Waals surface area contributed by atoms with Crippen LogP contribution in [-0.2, 0) is 4.79 Å². The maximum Gasteiger partial charge on any atom is 0.252 e. The van der Waals surface area contributed by atoms with Crippen molar-refractivity contribution in [3.05, 3.63) is 58.6 Å². The quantitative estimate of drug-likeness (QED) is 0.910. The number of rotatable bonds is 4. The Labute approximate surface area is 150 Å². The molecule has 0 aliphatic carbocycles. The number of amides is 2. The molecule has 25 heavy (non-hydrogen) atoms. The van der Waals surface area contributed by atoms with Crippen molar-refractivity contribution in [2.24, 2.45) is 0 Å². The fraction of sp³-hybridized carbons (Fsp3) is 0.222. The molecular weight excluding hydrogens is 344 g/mol. The van der Waals surface area contributed by atoms with Crippen LogP contribution in [0, 0.1) is 0 Å². The van der Waals surface area contributed by atoms with E-state index in [9.17, 15) is 9.59 Å². The minimum atomic E-state index is -0.798. The van der Waals surface area contributed by atoms with Gasteiger partial charge in [0.15, 0.2) is 11.5 Å². The highest BCUT2D eigenvalue weighted by Gasteiger charge is 2.26. The van der Waals surface area contributed by atoms with Crippen molar-refractivity contribution in [3.63, 3.8) is 0 Å². The number of nitrogens with zero attached hydrogens (tertiary/aromatic N) is 1. The molecule has 2 amide bonds. The van der Waals surface area contributed by atoms with Gasteiger partial charge in [0.25, 0.3) is 5.91 Å². The molecule has 2 aromatic rings. The summed E-state index contributed by atoms with van der Waals surface area (Å²) in [5.74, 6) is 0.172. The van der Waals surface area contributed by atoms with Gasteiger partial charge in [0, 0.05) is 19.7 Å². The van der Waals surface area contributed by atoms with E-state index in [1.165, 1.54) is 11.0 Å². The van der Waals surface area contributed by atoms with Gasteiger partial charge in [0.1, 0.15) is 6.04 Å². The summed E-state index contributed by atoms with van der Waals surface area (Å²) in [5.41, 5.74) is 0.989. The molecule has 1 atom stereocenters. The molecule has 7 heteroatoms. The fourth-order valence-electron chi connectivity index (χ4n) is 2.50. The molecule has 1 heterocycles. The number of ether oxygens (including phenoxy) is 2. The van der Waals surface area contributed by atoms with E-state index < -0.39 is 11.9 Å². The molecule has 1 unspecified atom stereocenters. The van der Waals surface area contributed by atoms with Crippen LogP contribution < -0.4 is 14.8 Å². The van der Waals surface area contributed by atoms with Gasteiger partial charge in [-0.3, -0.25) is 9.59 Å². The molecule has 130 valence electrons. The highest BCUT2D eigenvalue weighted by Crippen LogP contribution is 2.39. The molecule has 0 aromatic heterocycles. The molecule has 0 spiro atoms. The number of halogens is 1. The monoisotopic (exact) mass is 360 g/mol. The average Bonchev–Trinajstić information content (AvgIpc) is 3.08. The van der Waals surface area contributed by atoms with Gasteiger partial charge in [0.05, 0.1) is 5.02 Å². The minimum absolute atomic E-state index is 0.0614. The summed E-state index contributed by atoms with van der Waals surface area (Å²) in [7, 11) is 3.28. The molecule has 0 fully saturated rings. The number of likely N-dealkylation sites (N-methyl/N-ethyl adjacent to an activating group) is 1. The number of nitrogens with one attached hydrogen (secondary N) is 1. The van der Waals surface area contributed by atoms with Crippen LogP contribution in [-0.4, -0.2) is 37.6 Å². The van der Waals surface area contributed by atoms with Gasteiger partial charge < -0.3 is 19.7 Å². The summed E-state index contributed by atoms with van der Waals surface area (Å²) in [6.45, 7) is 0.0614. The highest BCUT2D eigenvalue weighted by atomic mass is 35.5. The summed E-state index contributed by atoms with van der Waals surface area (Å²) in [5, 5.41) is 3.05. The third-order valence-corrected chi connectivity index (χ3v) is 4.07.